The monoisotopic (exact) mass is 1680 g/mol. The molecule has 2 fully saturated rings. The maximum atomic E-state index is 2.45. The Labute approximate surface area is 774 Å². The predicted molar refractivity (Wildman–Crippen MR) is 551 cm³/mol. The molecule has 0 nitrogen and oxygen atoms in total. The summed E-state index contributed by atoms with van der Waals surface area (Å²) < 4.78 is 0. The third-order valence-corrected chi connectivity index (χ3v) is 31.5. The Morgan fingerprint density at radius 3 is 0.777 bits per heavy atom. The Balaban J connectivity index is 0.0000000984. The van der Waals surface area contributed by atoms with E-state index in [4.69, 9.17) is 0 Å². The molecule has 0 bridgehead atoms. The number of rotatable bonds is 7. The van der Waals surface area contributed by atoms with Crippen LogP contribution in [0.3, 0.4) is 0 Å². The van der Waals surface area contributed by atoms with Crippen LogP contribution in [0.5, 0.6) is 0 Å². The van der Waals surface area contributed by atoms with Crippen LogP contribution >= 0.6 is 0 Å². The molecule has 0 heterocycles. The molecule has 0 saturated heterocycles. The van der Waals surface area contributed by atoms with E-state index < -0.39 is 0 Å². The molecule has 17 aromatic carbocycles. The molecule has 0 aromatic heterocycles. The van der Waals surface area contributed by atoms with Gasteiger partial charge in [-0.15, -0.1) is 0 Å². The summed E-state index contributed by atoms with van der Waals surface area (Å²) in [4.78, 5) is 0. The van der Waals surface area contributed by atoms with Gasteiger partial charge in [0, 0.05) is 32.5 Å². The van der Waals surface area contributed by atoms with Gasteiger partial charge in [-0.2, -0.15) is 0 Å². The average Bonchev–Trinajstić information content (AvgIpc) is 1.55. The van der Waals surface area contributed by atoms with Crippen LogP contribution in [-0.4, -0.2) is 0 Å². The van der Waals surface area contributed by atoms with Gasteiger partial charge >= 0.3 is 0 Å². The summed E-state index contributed by atoms with van der Waals surface area (Å²) >= 11 is 0. The van der Waals surface area contributed by atoms with Crippen molar-refractivity contribution < 1.29 is 0 Å². The molecule has 2 spiro atoms. The molecule has 3 atom stereocenters. The first-order valence-corrected chi connectivity index (χ1v) is 48.1. The number of benzene rings is 17. The highest BCUT2D eigenvalue weighted by molar-refractivity contribution is 5.90. The fourth-order valence-electron chi connectivity index (χ4n) is 24.7. The van der Waals surface area contributed by atoms with Crippen LogP contribution in [0, 0.1) is 41.5 Å². The molecule has 8 aliphatic carbocycles. The van der Waals surface area contributed by atoms with Crippen molar-refractivity contribution >= 4 is 0 Å². The quantitative estimate of drug-likeness (QED) is 0.149. The van der Waals surface area contributed by atoms with Crippen molar-refractivity contribution in [2.45, 2.75) is 179 Å². The van der Waals surface area contributed by atoms with E-state index in [2.05, 4.69) is 470 Å². The van der Waals surface area contributed by atoms with Crippen molar-refractivity contribution in [2.75, 3.05) is 0 Å². The first-order valence-electron chi connectivity index (χ1n) is 48.1. The van der Waals surface area contributed by atoms with Crippen molar-refractivity contribution in [3.05, 3.63) is 511 Å². The van der Waals surface area contributed by atoms with Crippen LogP contribution in [0.25, 0.3) is 89.0 Å². The first kappa shape index (κ1) is 84.9. The summed E-state index contributed by atoms with van der Waals surface area (Å²) in [6.45, 7) is 24.9. The zero-order chi connectivity index (χ0) is 89.1. The Kier molecular flexibility index (Phi) is 22.6. The van der Waals surface area contributed by atoms with E-state index in [1.165, 1.54) is 254 Å². The Morgan fingerprint density at radius 2 is 0.408 bits per heavy atom. The molecular weight excluding hydrogens is 1560 g/mol. The fraction of sp³-hybridized carbons (Fsp3) is 0.215. The largest absolute Gasteiger partial charge is 0.0642 e. The lowest BCUT2D eigenvalue weighted by molar-refractivity contribution is 0.352. The number of hydrogen-bond acceptors (Lipinski definition) is 0. The summed E-state index contributed by atoms with van der Waals surface area (Å²) in [5.41, 5.74) is 52.7. The molecule has 130 heavy (non-hydrogen) atoms. The molecule has 640 valence electrons. The fourth-order valence-corrected chi connectivity index (χ4v) is 24.7. The van der Waals surface area contributed by atoms with Gasteiger partial charge in [-0.3, -0.25) is 0 Å². The van der Waals surface area contributed by atoms with Crippen LogP contribution < -0.4 is 0 Å². The third kappa shape index (κ3) is 14.3. The van der Waals surface area contributed by atoms with E-state index in [0.717, 1.165) is 0 Å². The summed E-state index contributed by atoms with van der Waals surface area (Å²) in [6.07, 6.45) is 14.6. The van der Waals surface area contributed by atoms with E-state index in [9.17, 15) is 0 Å². The molecule has 17 aromatic rings. The zero-order valence-corrected chi connectivity index (χ0v) is 77.8. The minimum atomic E-state index is -0.136. The van der Waals surface area contributed by atoms with Crippen LogP contribution in [0.1, 0.15) is 222 Å². The normalized spacial score (nSPS) is 17.9. The molecule has 25 rings (SSSR count). The van der Waals surface area contributed by atoms with Gasteiger partial charge in [0.05, 0.1) is 0 Å². The van der Waals surface area contributed by atoms with Gasteiger partial charge in [-0.25, -0.2) is 0 Å². The Bertz CT molecular complexity index is 6970. The molecule has 0 aliphatic heterocycles. The van der Waals surface area contributed by atoms with Crippen molar-refractivity contribution in [2.24, 2.45) is 0 Å². The smallest absolute Gasteiger partial charge is 0.0435 e. The number of fused-ring (bicyclic) bond motifs is 22. The summed E-state index contributed by atoms with van der Waals surface area (Å²) in [5, 5.41) is 0. The van der Waals surface area contributed by atoms with Crippen LogP contribution in [0.4, 0.5) is 0 Å². The molecule has 2 saturated carbocycles. The van der Waals surface area contributed by atoms with E-state index in [1.807, 2.05) is 0 Å². The van der Waals surface area contributed by atoms with Gasteiger partial charge in [-0.1, -0.05) is 462 Å². The maximum Gasteiger partial charge on any atom is 0.0435 e. The van der Waals surface area contributed by atoms with Gasteiger partial charge in [-0.05, 0) is 285 Å². The van der Waals surface area contributed by atoms with Gasteiger partial charge < -0.3 is 0 Å². The highest BCUT2D eigenvalue weighted by atomic mass is 14.5. The highest BCUT2D eigenvalue weighted by Gasteiger charge is 2.48. The van der Waals surface area contributed by atoms with E-state index >= 15 is 0 Å². The minimum Gasteiger partial charge on any atom is -0.0642 e. The minimum absolute atomic E-state index is 0.0563. The van der Waals surface area contributed by atoms with E-state index in [0.29, 0.717) is 10.8 Å². The summed E-state index contributed by atoms with van der Waals surface area (Å²) in [7, 11) is 0. The van der Waals surface area contributed by atoms with E-state index in [1.54, 1.807) is 22.3 Å². The van der Waals surface area contributed by atoms with Gasteiger partial charge in [0.1, 0.15) is 0 Å². The van der Waals surface area contributed by atoms with Crippen molar-refractivity contribution in [3.8, 4) is 89.0 Å². The molecule has 0 radical (unpaired) electrons. The summed E-state index contributed by atoms with van der Waals surface area (Å²) in [6, 6.07) is 145. The molecule has 0 amide bonds. The highest BCUT2D eigenvalue weighted by Crippen LogP contribution is 2.61. The van der Waals surface area contributed by atoms with Gasteiger partial charge in [0.2, 0.25) is 0 Å². The number of hydrogen-bond donors (Lipinski definition) is 0. The average molecular weight is 1680 g/mol. The topological polar surface area (TPSA) is 0 Å². The molecule has 8 aliphatic rings. The molecule has 3 unspecified atom stereocenters. The standard InChI is InChI=1S/2C27H22.C21H18.C19H20.C18H18.C18H20/c1-19-13-15-23-24-16-14-21(20-9-5-3-6-10-20)18-26(24)27(2,25(23)17-19)22-11-7-4-8-12-22;1-19-12-14-20(15-13-19)21-16-17-24-23-10-6-7-11-25(23)27(2,26(24)18-21)22-8-4-3-5-9-22;1-15-12-13-18-17-10-6-7-11-19(17)21(2,20(18)14-15)16-8-4-3-5-9-16;1-14-9-10-16-15-7-3-4-8-17(15)19(18(16)13-14)11-5-2-6-12-19;1-13-8-9-15-14-6-2-3-7-16(14)18(17(15)12-13)10-4-5-11-18;1-4-18(5-2)16-9-7-6-8-14(16)15-11-10-13(3)12-17(15)18/h2*3-18H,1-2H3;3-14H,1-2H3;3-4,7-10,13H,2,5-6,11-12H2,1H3;2-3,6-9,12H,4-5,10-11H2,1H3;6-12H,4-5H2,1-3H3. The van der Waals surface area contributed by atoms with Gasteiger partial charge in [0.25, 0.3) is 0 Å². The van der Waals surface area contributed by atoms with Crippen LogP contribution in [-0.2, 0) is 32.5 Å². The van der Waals surface area contributed by atoms with Crippen LogP contribution in [0.15, 0.2) is 394 Å². The second kappa shape index (κ2) is 34.6. The Hall–Kier alpha value is -13.3. The first-order chi connectivity index (χ1) is 63.4. The van der Waals surface area contributed by atoms with Crippen molar-refractivity contribution in [1.82, 2.24) is 0 Å². The maximum absolute atomic E-state index is 2.45. The second-order valence-corrected chi connectivity index (χ2v) is 38.9. The lowest BCUT2D eigenvalue weighted by atomic mass is 9.68. The van der Waals surface area contributed by atoms with Crippen molar-refractivity contribution in [1.29, 1.82) is 0 Å². The zero-order valence-electron chi connectivity index (χ0n) is 77.8. The Morgan fingerprint density at radius 1 is 0.177 bits per heavy atom. The molecule has 0 N–H and O–H groups in total. The lowest BCUT2D eigenvalue weighted by Gasteiger charge is -2.36. The van der Waals surface area contributed by atoms with Gasteiger partial charge in [0.15, 0.2) is 0 Å². The van der Waals surface area contributed by atoms with E-state index in [-0.39, 0.29) is 21.7 Å². The lowest BCUT2D eigenvalue weighted by Crippen LogP contribution is -2.28. The third-order valence-electron chi connectivity index (χ3n) is 31.5. The van der Waals surface area contributed by atoms with Crippen molar-refractivity contribution in [3.63, 3.8) is 0 Å². The molecular formula is C130H120. The summed E-state index contributed by atoms with van der Waals surface area (Å²) in [5.74, 6) is 0. The molecule has 0 heteroatoms. The van der Waals surface area contributed by atoms with Crippen LogP contribution in [0.2, 0.25) is 0 Å². The number of aryl methyl sites for hydroxylation is 6. The predicted octanol–water partition coefficient (Wildman–Crippen LogP) is 34.5. The SMILES string of the molecule is CCC1(CC)c2ccccc2-c2ccc(C)cc21.Cc1ccc(-c2ccc3c(c2)C(C)(c2ccccc2)c2ccccc2-3)cc1.Cc1ccc2c(c1)C(C)(c1ccccc1)c1cc(-c3ccccc3)ccc1-2.Cc1ccc2c(c1)C(C)(c1ccccc1)c1ccccc1-2.Cc1ccc2c(c1)C1(CCCC1)c1ccccc1-2.Cc1ccc2c(c1)C1(CCCCC1)c1ccccc1-2. The second-order valence-electron chi connectivity index (χ2n) is 38.9.